The zero-order valence-corrected chi connectivity index (χ0v) is 10.3. The molecule has 1 amide bonds. The van der Waals surface area contributed by atoms with Crippen LogP contribution in [-0.4, -0.2) is 35.9 Å². The number of nitrogens with one attached hydrogen (secondary N) is 1. The number of rotatable bonds is 3. The van der Waals surface area contributed by atoms with Gasteiger partial charge < -0.3 is 24.9 Å². The van der Waals surface area contributed by atoms with Crippen LogP contribution in [0.15, 0.2) is 18.2 Å². The molecule has 96 valence electrons. The SMILES string of the molecule is CC(C)N1CC(=O)Nc2ccc(OB(O)O)cc21. The molecule has 1 aromatic carbocycles. The molecule has 0 aromatic heterocycles. The third kappa shape index (κ3) is 2.57. The fourth-order valence-corrected chi connectivity index (χ4v) is 1.94. The summed E-state index contributed by atoms with van der Waals surface area (Å²) in [4.78, 5) is 13.5. The summed E-state index contributed by atoms with van der Waals surface area (Å²) in [5, 5.41) is 20.3. The van der Waals surface area contributed by atoms with E-state index in [0.717, 1.165) is 5.69 Å². The van der Waals surface area contributed by atoms with Gasteiger partial charge in [-0.1, -0.05) is 0 Å². The molecule has 0 unspecified atom stereocenters. The molecule has 1 aliphatic rings. The summed E-state index contributed by atoms with van der Waals surface area (Å²) >= 11 is 0. The third-order valence-electron chi connectivity index (χ3n) is 2.73. The van der Waals surface area contributed by atoms with Crippen molar-refractivity contribution < 1.29 is 19.5 Å². The summed E-state index contributed by atoms with van der Waals surface area (Å²) in [5.41, 5.74) is 1.50. The molecule has 0 radical (unpaired) electrons. The Kier molecular flexibility index (Phi) is 3.44. The van der Waals surface area contributed by atoms with E-state index in [2.05, 4.69) is 5.32 Å². The first kappa shape index (κ1) is 12.7. The van der Waals surface area contributed by atoms with Gasteiger partial charge in [-0.05, 0) is 26.0 Å². The topological polar surface area (TPSA) is 82.0 Å². The molecule has 0 spiro atoms. The standard InChI is InChI=1S/C11H15BN2O4/c1-7(2)14-6-11(15)13-9-4-3-8(5-10(9)14)18-12(16)17/h3-5,7,16-17H,6H2,1-2H3,(H,13,15). The Balaban J connectivity index is 2.36. The predicted molar refractivity (Wildman–Crippen MR) is 68.4 cm³/mol. The Morgan fingerprint density at radius 2 is 2.17 bits per heavy atom. The minimum Gasteiger partial charge on any atom is -0.512 e. The highest BCUT2D eigenvalue weighted by molar-refractivity contribution is 6.33. The van der Waals surface area contributed by atoms with Crippen molar-refractivity contribution in [3.05, 3.63) is 18.2 Å². The monoisotopic (exact) mass is 250 g/mol. The lowest BCUT2D eigenvalue weighted by atomic mass is 10.1. The quantitative estimate of drug-likeness (QED) is 0.667. The number of hydrogen-bond donors (Lipinski definition) is 3. The van der Waals surface area contributed by atoms with Crippen molar-refractivity contribution in [3.63, 3.8) is 0 Å². The predicted octanol–water partition coefficient (Wildman–Crippen LogP) is 0.202. The second-order valence-corrected chi connectivity index (χ2v) is 4.39. The lowest BCUT2D eigenvalue weighted by molar-refractivity contribution is -0.115. The molecule has 1 aromatic rings. The highest BCUT2D eigenvalue weighted by atomic mass is 16.6. The second kappa shape index (κ2) is 4.87. The largest absolute Gasteiger partial charge is 0.707 e. The van der Waals surface area contributed by atoms with Crippen molar-refractivity contribution >= 4 is 24.6 Å². The third-order valence-corrected chi connectivity index (χ3v) is 2.73. The van der Waals surface area contributed by atoms with Crippen LogP contribution in [0.1, 0.15) is 13.8 Å². The van der Waals surface area contributed by atoms with Crippen LogP contribution >= 0.6 is 0 Å². The first-order valence-electron chi connectivity index (χ1n) is 5.70. The number of amides is 1. The van der Waals surface area contributed by atoms with Crippen LogP contribution in [0, 0.1) is 0 Å². The maximum Gasteiger partial charge on any atom is 0.707 e. The maximum absolute atomic E-state index is 11.5. The van der Waals surface area contributed by atoms with E-state index in [9.17, 15) is 4.79 Å². The minimum atomic E-state index is -1.85. The van der Waals surface area contributed by atoms with Crippen molar-refractivity contribution in [2.24, 2.45) is 0 Å². The first-order valence-corrected chi connectivity index (χ1v) is 5.70. The van der Waals surface area contributed by atoms with E-state index in [0.29, 0.717) is 11.4 Å². The van der Waals surface area contributed by atoms with Gasteiger partial charge >= 0.3 is 7.32 Å². The molecule has 7 heteroatoms. The Morgan fingerprint density at radius 1 is 1.44 bits per heavy atom. The highest BCUT2D eigenvalue weighted by Crippen LogP contribution is 2.34. The summed E-state index contributed by atoms with van der Waals surface area (Å²) in [6, 6.07) is 5.08. The summed E-state index contributed by atoms with van der Waals surface area (Å²) in [7, 11) is -1.85. The zero-order valence-electron chi connectivity index (χ0n) is 10.3. The lowest BCUT2D eigenvalue weighted by Crippen LogP contribution is -2.42. The van der Waals surface area contributed by atoms with E-state index in [4.69, 9.17) is 14.7 Å². The Labute approximate surface area is 105 Å². The second-order valence-electron chi connectivity index (χ2n) is 4.39. The molecular formula is C11H15BN2O4. The average Bonchev–Trinajstić information content (AvgIpc) is 2.27. The smallest absolute Gasteiger partial charge is 0.512 e. The molecule has 0 bridgehead atoms. The van der Waals surface area contributed by atoms with Gasteiger partial charge in [0.25, 0.3) is 0 Å². The van der Waals surface area contributed by atoms with Crippen molar-refractivity contribution in [1.82, 2.24) is 0 Å². The molecule has 0 fully saturated rings. The van der Waals surface area contributed by atoms with E-state index in [1.165, 1.54) is 0 Å². The first-order chi connectivity index (χ1) is 8.47. The number of anilines is 2. The molecule has 1 heterocycles. The normalized spacial score (nSPS) is 14.3. The van der Waals surface area contributed by atoms with Gasteiger partial charge in [0, 0.05) is 12.1 Å². The van der Waals surface area contributed by atoms with Crippen LogP contribution in [0.25, 0.3) is 0 Å². The van der Waals surface area contributed by atoms with Crippen LogP contribution in [0.4, 0.5) is 11.4 Å². The fraction of sp³-hybridized carbons (Fsp3) is 0.364. The molecule has 0 saturated carbocycles. The van der Waals surface area contributed by atoms with Crippen LogP contribution in [0.2, 0.25) is 0 Å². The van der Waals surface area contributed by atoms with Crippen molar-refractivity contribution in [2.45, 2.75) is 19.9 Å². The van der Waals surface area contributed by atoms with Gasteiger partial charge in [-0.3, -0.25) is 4.79 Å². The van der Waals surface area contributed by atoms with Gasteiger partial charge in [-0.25, -0.2) is 0 Å². The number of carbonyl (C=O) groups is 1. The summed E-state index contributed by atoms with van der Waals surface area (Å²) in [6.45, 7) is 4.24. The average molecular weight is 250 g/mol. The van der Waals surface area contributed by atoms with Crippen molar-refractivity contribution in [3.8, 4) is 5.75 Å². The van der Waals surface area contributed by atoms with E-state index in [1.54, 1.807) is 18.2 Å². The molecule has 6 nitrogen and oxygen atoms in total. The number of fused-ring (bicyclic) bond motifs is 1. The van der Waals surface area contributed by atoms with Crippen LogP contribution in [-0.2, 0) is 4.79 Å². The van der Waals surface area contributed by atoms with Crippen LogP contribution in [0.5, 0.6) is 5.75 Å². The van der Waals surface area contributed by atoms with Gasteiger partial charge in [0.1, 0.15) is 5.75 Å². The summed E-state index contributed by atoms with van der Waals surface area (Å²) in [5.74, 6) is 0.276. The van der Waals surface area contributed by atoms with Crippen molar-refractivity contribution in [1.29, 1.82) is 0 Å². The highest BCUT2D eigenvalue weighted by Gasteiger charge is 2.24. The number of nitrogens with zero attached hydrogens (tertiary/aromatic N) is 1. The van der Waals surface area contributed by atoms with Gasteiger partial charge in [0.05, 0.1) is 17.9 Å². The number of benzene rings is 1. The molecular weight excluding hydrogens is 235 g/mol. The minimum absolute atomic E-state index is 0.0629. The van der Waals surface area contributed by atoms with Crippen LogP contribution < -0.4 is 14.9 Å². The summed E-state index contributed by atoms with van der Waals surface area (Å²) in [6.07, 6.45) is 0. The molecule has 0 atom stereocenters. The van der Waals surface area contributed by atoms with Gasteiger partial charge in [0.2, 0.25) is 5.91 Å². The van der Waals surface area contributed by atoms with E-state index < -0.39 is 7.32 Å². The molecule has 2 rings (SSSR count). The van der Waals surface area contributed by atoms with E-state index >= 15 is 0 Å². The van der Waals surface area contributed by atoms with Gasteiger partial charge in [-0.2, -0.15) is 0 Å². The zero-order chi connectivity index (χ0) is 13.3. The molecule has 0 aliphatic carbocycles. The Bertz CT molecular complexity index is 464. The molecule has 3 N–H and O–H groups in total. The fourth-order valence-electron chi connectivity index (χ4n) is 1.94. The van der Waals surface area contributed by atoms with Gasteiger partial charge in [-0.15, -0.1) is 0 Å². The maximum atomic E-state index is 11.5. The lowest BCUT2D eigenvalue weighted by Gasteiger charge is -2.34. The summed E-state index contributed by atoms with van der Waals surface area (Å²) < 4.78 is 4.81. The van der Waals surface area contributed by atoms with Gasteiger partial charge in [0.15, 0.2) is 0 Å². The van der Waals surface area contributed by atoms with E-state index in [-0.39, 0.29) is 18.5 Å². The molecule has 18 heavy (non-hydrogen) atoms. The molecule has 1 aliphatic heterocycles. The number of carbonyl (C=O) groups excluding carboxylic acids is 1. The number of hydrogen-bond acceptors (Lipinski definition) is 5. The van der Waals surface area contributed by atoms with E-state index in [1.807, 2.05) is 18.7 Å². The Hall–Kier alpha value is -1.73. The molecule has 0 saturated heterocycles. The van der Waals surface area contributed by atoms with Crippen molar-refractivity contribution in [2.75, 3.05) is 16.8 Å². The Morgan fingerprint density at radius 3 is 2.78 bits per heavy atom. The van der Waals surface area contributed by atoms with Crippen LogP contribution in [0.3, 0.4) is 0 Å².